The topological polar surface area (TPSA) is 281 Å². The minimum Gasteiger partial charge on any atom is -0.367 e. The predicted octanol–water partition coefficient (Wildman–Crippen LogP) is 19.4. The molecule has 20 nitrogen and oxygen atoms in total. The van der Waals surface area contributed by atoms with Crippen LogP contribution in [0.25, 0.3) is 0 Å². The standard InChI is InChI=1S/C8H13N.3C7H12N2.3C6H11N3.C5H10N4.8C2H6/c1-8(2,3)7-4-5-9-6-7;1-7(2,3)6-4-8-5-9-6;1-7(2,3)6-4-8-9-5-6;1-7(2,3)6-4-5-8-9-6;1-6(2,3)5-7-4-8-9-5;2*1-6(2,3)5-4-7-9-8-5;1-5(2,3)4-6-8-9-7-4;8*1-2/h4-6,9H,1-3H3;3*4-5H,1-3H3,(H,8,9);3*4H,1-3H3,(H,7,8,9);1-3H3,(H,6,7,8,9);8*1-2H3. The number of H-pyrrole nitrogens is 8. The van der Waals surface area contributed by atoms with Gasteiger partial charge in [-0.05, 0) is 34.1 Å². The highest BCUT2D eigenvalue weighted by Crippen LogP contribution is 2.23. The number of nitrogens with zero attached hydrogens (tertiary/aromatic N) is 12. The normalized spacial score (nSPS) is 10.3. The van der Waals surface area contributed by atoms with Gasteiger partial charge in [0.2, 0.25) is 0 Å². The number of rotatable bonds is 0. The highest BCUT2D eigenvalue weighted by atomic mass is 15.5. The molecule has 0 saturated carbocycles. The largest absolute Gasteiger partial charge is 0.367 e. The van der Waals surface area contributed by atoms with Gasteiger partial charge in [0.1, 0.15) is 12.2 Å². The third-order valence-corrected chi connectivity index (χ3v) is 9.95. The van der Waals surface area contributed by atoms with E-state index in [-0.39, 0.29) is 37.9 Å². The number of imidazole rings is 1. The summed E-state index contributed by atoms with van der Waals surface area (Å²) < 4.78 is 0. The SMILES string of the molecule is CC.CC.CC.CC.CC.CC.CC.CC.CC(C)(C)c1cc[nH]c1.CC(C)(C)c1ccn[nH]1.CC(C)(C)c1cn[nH]c1.CC(C)(C)c1cn[nH]n1.CC(C)(C)c1cn[nH]n1.CC(C)(C)c1cnc[nH]1.CC(C)(C)c1ncn[nH]1.CC(C)(C)c1nn[nH]n1. The predicted molar refractivity (Wildman–Crippen MR) is 380 cm³/mol. The fourth-order valence-corrected chi connectivity index (χ4v) is 4.96. The lowest BCUT2D eigenvalue weighted by Gasteiger charge is -2.15. The van der Waals surface area contributed by atoms with Gasteiger partial charge in [-0.3, -0.25) is 15.3 Å². The Morgan fingerprint density at radius 3 is 0.977 bits per heavy atom. The lowest BCUT2D eigenvalue weighted by molar-refractivity contribution is 0.546. The average Bonchev–Trinajstić information content (AvgIpc) is 4.32. The van der Waals surface area contributed by atoms with Crippen molar-refractivity contribution in [3.05, 3.63) is 120 Å². The quantitative estimate of drug-likeness (QED) is 0.0704. The summed E-state index contributed by atoms with van der Waals surface area (Å²) in [4.78, 5) is 14.1. The van der Waals surface area contributed by atoms with Gasteiger partial charge in [-0.15, -0.1) is 10.2 Å². The summed E-state index contributed by atoms with van der Waals surface area (Å²) in [5, 5.41) is 54.0. The fourth-order valence-electron chi connectivity index (χ4n) is 4.96. The highest BCUT2D eigenvalue weighted by Gasteiger charge is 2.20. The van der Waals surface area contributed by atoms with Crippen LogP contribution in [0.4, 0.5) is 0 Å². The van der Waals surface area contributed by atoms with Crippen molar-refractivity contribution in [2.75, 3.05) is 0 Å². The first-order valence-corrected chi connectivity index (χ1v) is 32.3. The first-order valence-electron chi connectivity index (χ1n) is 32.3. The Bertz CT molecular complexity index is 1900. The maximum Gasteiger partial charge on any atom is 0.179 e. The lowest BCUT2D eigenvalue weighted by atomic mass is 9.89. The molecule has 8 N–H and O–H groups in total. The summed E-state index contributed by atoms with van der Waals surface area (Å²) in [6, 6.07) is 4.11. The van der Waals surface area contributed by atoms with Crippen molar-refractivity contribution < 1.29 is 0 Å². The van der Waals surface area contributed by atoms with Crippen LogP contribution in [-0.4, -0.2) is 102 Å². The van der Waals surface area contributed by atoms with Crippen molar-refractivity contribution in [2.45, 2.75) is 320 Å². The zero-order valence-electron chi connectivity index (χ0n) is 64.3. The van der Waals surface area contributed by atoms with Crippen LogP contribution < -0.4 is 0 Å². The fraction of sp³-hybridized carbons (Fsp3) is 0.706. The van der Waals surface area contributed by atoms with Crippen LogP contribution in [0, 0.1) is 0 Å². The van der Waals surface area contributed by atoms with E-state index in [9.17, 15) is 0 Å². The van der Waals surface area contributed by atoms with E-state index in [2.05, 4.69) is 253 Å². The van der Waals surface area contributed by atoms with E-state index in [1.807, 2.05) is 169 Å². The molecule has 0 aromatic carbocycles. The van der Waals surface area contributed by atoms with E-state index < -0.39 is 0 Å². The molecule has 0 aliphatic heterocycles. The molecule has 0 unspecified atom stereocenters. The second-order valence-electron chi connectivity index (χ2n) is 25.3. The number of aromatic amines is 8. The Morgan fingerprint density at radius 2 is 0.818 bits per heavy atom. The molecule has 0 saturated heterocycles. The third kappa shape index (κ3) is 51.4. The van der Waals surface area contributed by atoms with Crippen molar-refractivity contribution in [1.29, 1.82) is 0 Å². The minimum atomic E-state index is 0.00694. The molecule has 0 radical (unpaired) electrons. The summed E-state index contributed by atoms with van der Waals surface area (Å²) >= 11 is 0. The Labute approximate surface area is 539 Å². The summed E-state index contributed by atoms with van der Waals surface area (Å²) in [5.41, 5.74) is 8.25. The molecule has 8 rings (SSSR count). The van der Waals surface area contributed by atoms with Crippen LogP contribution in [0.5, 0.6) is 0 Å². The Balaban J connectivity index is -0.000000134. The van der Waals surface area contributed by atoms with E-state index in [4.69, 9.17) is 0 Å². The van der Waals surface area contributed by atoms with Crippen molar-refractivity contribution >= 4 is 0 Å². The monoisotopic (exact) mass is 1240 g/mol. The van der Waals surface area contributed by atoms with E-state index in [1.165, 1.54) is 28.8 Å². The Hall–Kier alpha value is -6.60. The van der Waals surface area contributed by atoms with E-state index in [0.29, 0.717) is 5.41 Å². The second-order valence-corrected chi connectivity index (χ2v) is 25.3. The van der Waals surface area contributed by atoms with Gasteiger partial charge in [0, 0.05) is 74.9 Å². The number of aromatic nitrogens is 20. The molecule has 0 atom stereocenters. The summed E-state index contributed by atoms with van der Waals surface area (Å²) in [7, 11) is 0. The van der Waals surface area contributed by atoms with Crippen molar-refractivity contribution in [1.82, 2.24) is 102 Å². The molecule has 0 spiro atoms. The van der Waals surface area contributed by atoms with Gasteiger partial charge in [-0.1, -0.05) is 282 Å². The molecule has 8 heterocycles. The first kappa shape index (κ1) is 97.7. The van der Waals surface area contributed by atoms with Crippen LogP contribution in [0.2, 0.25) is 0 Å². The van der Waals surface area contributed by atoms with Gasteiger partial charge >= 0.3 is 0 Å². The van der Waals surface area contributed by atoms with Crippen LogP contribution in [0.3, 0.4) is 0 Å². The third-order valence-electron chi connectivity index (χ3n) is 9.95. The summed E-state index contributed by atoms with van der Waals surface area (Å²) in [6.07, 6.45) is 18.2. The lowest BCUT2D eigenvalue weighted by Crippen LogP contribution is -2.13. The maximum atomic E-state index is 4.02. The van der Waals surface area contributed by atoms with Crippen molar-refractivity contribution in [2.24, 2.45) is 0 Å². The molecule has 88 heavy (non-hydrogen) atoms. The Kier molecular flexibility index (Phi) is 59.3. The average molecular weight is 1240 g/mol. The Morgan fingerprint density at radius 1 is 0.364 bits per heavy atom. The van der Waals surface area contributed by atoms with Gasteiger partial charge in [0.15, 0.2) is 5.82 Å². The van der Waals surface area contributed by atoms with Gasteiger partial charge in [0.05, 0.1) is 36.3 Å². The van der Waals surface area contributed by atoms with E-state index >= 15 is 0 Å². The molecule has 0 aliphatic carbocycles. The van der Waals surface area contributed by atoms with Gasteiger partial charge in [-0.25, -0.2) is 9.97 Å². The van der Waals surface area contributed by atoms with Crippen molar-refractivity contribution in [3.8, 4) is 0 Å². The zero-order chi connectivity index (χ0) is 71.2. The molecular weight excluding hydrogens is 1100 g/mol. The molecule has 8 aromatic rings. The number of nitrogens with one attached hydrogen (secondary N) is 8. The zero-order valence-corrected chi connectivity index (χ0v) is 64.3. The van der Waals surface area contributed by atoms with E-state index in [1.54, 1.807) is 24.9 Å². The van der Waals surface area contributed by atoms with Crippen LogP contribution >= 0.6 is 0 Å². The highest BCUT2D eigenvalue weighted by molar-refractivity contribution is 5.18. The number of hydrogen-bond donors (Lipinski definition) is 8. The molecular formula is C68H140N20. The molecule has 0 fully saturated rings. The number of hydrogen-bond acceptors (Lipinski definition) is 12. The van der Waals surface area contributed by atoms with Crippen molar-refractivity contribution in [3.63, 3.8) is 0 Å². The maximum absolute atomic E-state index is 4.02. The van der Waals surface area contributed by atoms with Gasteiger partial charge < -0.3 is 9.97 Å². The molecule has 20 heteroatoms. The smallest absolute Gasteiger partial charge is 0.179 e. The first-order chi connectivity index (χ1) is 40.8. The molecule has 8 aromatic heterocycles. The summed E-state index contributed by atoms with van der Waals surface area (Å²) in [5.74, 6) is 1.69. The van der Waals surface area contributed by atoms with Gasteiger partial charge in [-0.2, -0.15) is 51.3 Å². The molecule has 0 bridgehead atoms. The van der Waals surface area contributed by atoms with E-state index in [0.717, 1.165) is 23.0 Å². The molecule has 512 valence electrons. The number of tetrazole rings is 1. The minimum absolute atomic E-state index is 0.00694. The van der Waals surface area contributed by atoms with Crippen LogP contribution in [0.1, 0.15) is 323 Å². The molecule has 0 aliphatic rings. The summed E-state index contributed by atoms with van der Waals surface area (Å²) in [6.45, 7) is 83.0. The van der Waals surface area contributed by atoms with Crippen LogP contribution in [0.15, 0.2) is 74.4 Å². The molecule has 0 amide bonds. The van der Waals surface area contributed by atoms with Crippen LogP contribution in [-0.2, 0) is 43.3 Å². The van der Waals surface area contributed by atoms with Gasteiger partial charge in [0.25, 0.3) is 0 Å². The second kappa shape index (κ2) is 53.4.